The molecule has 3 aromatic carbocycles. The zero-order valence-corrected chi connectivity index (χ0v) is 23.7. The SMILES string of the molecule is CCC(C)(C)NC(=O)[C@H](c1cccc(OC)c1OC)N(C(=O)Cn1nnc2ccccc21)c1ccc(OC)cc1. The van der Waals surface area contributed by atoms with Crippen LogP contribution >= 0.6 is 0 Å². The zero-order chi connectivity index (χ0) is 28.9. The topological polar surface area (TPSA) is 108 Å². The Morgan fingerprint density at radius 3 is 2.33 bits per heavy atom. The lowest BCUT2D eigenvalue weighted by atomic mass is 9.97. The van der Waals surface area contributed by atoms with Crippen molar-refractivity contribution in [2.45, 2.75) is 45.3 Å². The van der Waals surface area contributed by atoms with Gasteiger partial charge in [0, 0.05) is 16.8 Å². The summed E-state index contributed by atoms with van der Waals surface area (Å²) in [5.41, 5.74) is 1.81. The monoisotopic (exact) mass is 545 g/mol. The number of carbonyl (C=O) groups excluding carboxylic acids is 2. The van der Waals surface area contributed by atoms with Gasteiger partial charge in [-0.15, -0.1) is 5.10 Å². The molecule has 1 heterocycles. The summed E-state index contributed by atoms with van der Waals surface area (Å²) in [6.07, 6.45) is 0.683. The van der Waals surface area contributed by atoms with Gasteiger partial charge in [0.1, 0.15) is 23.9 Å². The number of fused-ring (bicyclic) bond motifs is 1. The van der Waals surface area contributed by atoms with Gasteiger partial charge in [-0.1, -0.05) is 36.4 Å². The molecule has 0 radical (unpaired) electrons. The third-order valence-electron chi connectivity index (χ3n) is 6.90. The van der Waals surface area contributed by atoms with Crippen LogP contribution in [0.4, 0.5) is 5.69 Å². The van der Waals surface area contributed by atoms with E-state index >= 15 is 0 Å². The molecule has 0 saturated carbocycles. The van der Waals surface area contributed by atoms with Gasteiger partial charge in [0.15, 0.2) is 11.5 Å². The summed E-state index contributed by atoms with van der Waals surface area (Å²) in [5, 5.41) is 11.5. The minimum Gasteiger partial charge on any atom is -0.497 e. The molecule has 0 aliphatic rings. The van der Waals surface area contributed by atoms with E-state index in [4.69, 9.17) is 14.2 Å². The number of carbonyl (C=O) groups is 2. The van der Waals surface area contributed by atoms with Crippen LogP contribution in [0.3, 0.4) is 0 Å². The Labute approximate surface area is 233 Å². The maximum absolute atomic E-state index is 14.3. The van der Waals surface area contributed by atoms with Gasteiger partial charge in [-0.25, -0.2) is 4.68 Å². The molecule has 0 aliphatic heterocycles. The Morgan fingerprint density at radius 2 is 1.68 bits per heavy atom. The molecule has 2 amide bonds. The smallest absolute Gasteiger partial charge is 0.249 e. The average molecular weight is 546 g/mol. The first-order chi connectivity index (χ1) is 19.2. The Balaban J connectivity index is 1.90. The Hall–Kier alpha value is -4.60. The molecule has 1 aromatic heterocycles. The van der Waals surface area contributed by atoms with Crippen LogP contribution in [-0.2, 0) is 16.1 Å². The predicted molar refractivity (Wildman–Crippen MR) is 153 cm³/mol. The molecule has 0 bridgehead atoms. The largest absolute Gasteiger partial charge is 0.497 e. The normalized spacial score (nSPS) is 12.1. The van der Waals surface area contributed by atoms with Gasteiger partial charge < -0.3 is 19.5 Å². The summed E-state index contributed by atoms with van der Waals surface area (Å²) in [5.74, 6) is 0.672. The van der Waals surface area contributed by atoms with Gasteiger partial charge in [-0.2, -0.15) is 0 Å². The fourth-order valence-electron chi connectivity index (χ4n) is 4.43. The minimum absolute atomic E-state index is 0.153. The van der Waals surface area contributed by atoms with Crippen molar-refractivity contribution in [2.75, 3.05) is 26.2 Å². The van der Waals surface area contributed by atoms with Crippen LogP contribution in [0.25, 0.3) is 11.0 Å². The van der Waals surface area contributed by atoms with E-state index in [1.807, 2.05) is 45.0 Å². The number of nitrogens with one attached hydrogen (secondary N) is 1. The van der Waals surface area contributed by atoms with Gasteiger partial charge in [-0.3, -0.25) is 14.5 Å². The fraction of sp³-hybridized carbons (Fsp3) is 0.333. The number of hydrogen-bond donors (Lipinski definition) is 1. The van der Waals surface area contributed by atoms with Gasteiger partial charge in [0.2, 0.25) is 11.8 Å². The molecule has 1 N–H and O–H groups in total. The number of aromatic nitrogens is 3. The van der Waals surface area contributed by atoms with E-state index in [9.17, 15) is 9.59 Å². The van der Waals surface area contributed by atoms with Gasteiger partial charge in [0.25, 0.3) is 0 Å². The molecular weight excluding hydrogens is 510 g/mol. The Morgan fingerprint density at radius 1 is 0.950 bits per heavy atom. The molecule has 0 saturated heterocycles. The van der Waals surface area contributed by atoms with Gasteiger partial charge in [0.05, 0.1) is 26.8 Å². The second kappa shape index (κ2) is 12.1. The third kappa shape index (κ3) is 5.85. The number of nitrogens with zero attached hydrogens (tertiary/aromatic N) is 4. The van der Waals surface area contributed by atoms with Crippen LogP contribution in [0.2, 0.25) is 0 Å². The van der Waals surface area contributed by atoms with E-state index < -0.39 is 11.6 Å². The standard InChI is InChI=1S/C30H35N5O5/c1-7-30(2,3)31-29(37)27(22-11-10-14-25(39-5)28(22)40-6)35(20-15-17-21(38-4)18-16-20)26(36)19-34-24-13-9-8-12-23(24)32-33-34/h8-18,27H,7,19H2,1-6H3,(H,31,37)/t27-/m0/s1. The maximum atomic E-state index is 14.3. The predicted octanol–water partition coefficient (Wildman–Crippen LogP) is 4.54. The van der Waals surface area contributed by atoms with Crippen molar-refractivity contribution in [3.8, 4) is 17.2 Å². The molecule has 40 heavy (non-hydrogen) atoms. The Kier molecular flexibility index (Phi) is 8.57. The first-order valence-corrected chi connectivity index (χ1v) is 13.0. The quantitative estimate of drug-likeness (QED) is 0.295. The third-order valence-corrected chi connectivity index (χ3v) is 6.90. The maximum Gasteiger partial charge on any atom is 0.249 e. The van der Waals surface area contributed by atoms with Crippen LogP contribution in [0.15, 0.2) is 66.7 Å². The van der Waals surface area contributed by atoms with Crippen LogP contribution in [0.5, 0.6) is 17.2 Å². The molecule has 0 fully saturated rings. The lowest BCUT2D eigenvalue weighted by molar-refractivity contribution is -0.128. The molecule has 10 nitrogen and oxygen atoms in total. The number of benzene rings is 3. The first kappa shape index (κ1) is 28.4. The molecule has 0 spiro atoms. The molecule has 4 rings (SSSR count). The number of para-hydroxylation sites is 2. The van der Waals surface area contributed by atoms with Crippen molar-refractivity contribution >= 4 is 28.5 Å². The number of methoxy groups -OCH3 is 3. The van der Waals surface area contributed by atoms with Crippen molar-refractivity contribution in [3.63, 3.8) is 0 Å². The summed E-state index contributed by atoms with van der Waals surface area (Å²) in [4.78, 5) is 29.9. The molecule has 4 aromatic rings. The van der Waals surface area contributed by atoms with Crippen molar-refractivity contribution in [3.05, 3.63) is 72.3 Å². The minimum atomic E-state index is -1.11. The lowest BCUT2D eigenvalue weighted by Gasteiger charge is -2.35. The molecule has 210 valence electrons. The van der Waals surface area contributed by atoms with E-state index in [0.717, 1.165) is 0 Å². The average Bonchev–Trinajstić information content (AvgIpc) is 3.37. The van der Waals surface area contributed by atoms with Crippen LogP contribution in [0.1, 0.15) is 38.8 Å². The fourth-order valence-corrected chi connectivity index (χ4v) is 4.43. The summed E-state index contributed by atoms with van der Waals surface area (Å²) in [7, 11) is 4.60. The molecule has 1 atom stereocenters. The van der Waals surface area contributed by atoms with Crippen molar-refractivity contribution in [2.24, 2.45) is 0 Å². The molecule has 0 unspecified atom stereocenters. The van der Waals surface area contributed by atoms with Gasteiger partial charge >= 0.3 is 0 Å². The van der Waals surface area contributed by atoms with E-state index in [1.54, 1.807) is 49.6 Å². The highest BCUT2D eigenvalue weighted by atomic mass is 16.5. The number of rotatable bonds is 11. The number of amides is 2. The van der Waals surface area contributed by atoms with Crippen LogP contribution in [0, 0.1) is 0 Å². The highest BCUT2D eigenvalue weighted by Gasteiger charge is 2.37. The van der Waals surface area contributed by atoms with Crippen molar-refractivity contribution in [1.82, 2.24) is 20.3 Å². The number of anilines is 1. The van der Waals surface area contributed by atoms with Crippen molar-refractivity contribution < 1.29 is 23.8 Å². The van der Waals surface area contributed by atoms with E-state index in [0.29, 0.717) is 46.0 Å². The van der Waals surface area contributed by atoms with Crippen LogP contribution in [-0.4, -0.2) is 53.7 Å². The second-order valence-electron chi connectivity index (χ2n) is 9.91. The highest BCUT2D eigenvalue weighted by molar-refractivity contribution is 6.02. The summed E-state index contributed by atoms with van der Waals surface area (Å²) >= 11 is 0. The first-order valence-electron chi connectivity index (χ1n) is 13.0. The van der Waals surface area contributed by atoms with Crippen LogP contribution < -0.4 is 24.4 Å². The highest BCUT2D eigenvalue weighted by Crippen LogP contribution is 2.39. The second-order valence-corrected chi connectivity index (χ2v) is 9.91. The van der Waals surface area contributed by atoms with Gasteiger partial charge in [-0.05, 0) is 62.7 Å². The summed E-state index contributed by atoms with van der Waals surface area (Å²) < 4.78 is 18.1. The zero-order valence-electron chi connectivity index (χ0n) is 23.7. The summed E-state index contributed by atoms with van der Waals surface area (Å²) in [6.45, 7) is 5.71. The molecular formula is C30H35N5O5. The lowest BCUT2D eigenvalue weighted by Crippen LogP contribution is -2.51. The van der Waals surface area contributed by atoms with Crippen molar-refractivity contribution in [1.29, 1.82) is 0 Å². The van der Waals surface area contributed by atoms with E-state index in [2.05, 4.69) is 15.6 Å². The molecule has 10 heteroatoms. The Bertz CT molecular complexity index is 1480. The van der Waals surface area contributed by atoms with E-state index in [-0.39, 0.29) is 18.4 Å². The number of hydrogen-bond acceptors (Lipinski definition) is 7. The van der Waals surface area contributed by atoms with E-state index in [1.165, 1.54) is 23.8 Å². The summed E-state index contributed by atoms with van der Waals surface area (Å²) in [6, 6.07) is 18.5. The molecule has 0 aliphatic carbocycles. The number of ether oxygens (including phenoxy) is 3.